The molecule has 2 N–H and O–H groups in total. The molecular weight excluding hydrogens is 433 g/mol. The van der Waals surface area contributed by atoms with Gasteiger partial charge in [0.25, 0.3) is 0 Å². The van der Waals surface area contributed by atoms with E-state index in [1.807, 2.05) is 19.1 Å². The van der Waals surface area contributed by atoms with Gasteiger partial charge in [0.05, 0.1) is 11.6 Å². The molecule has 0 atom stereocenters. The molecule has 1 aliphatic rings. The number of nitrogens with one attached hydrogen (secondary N) is 2. The lowest BCUT2D eigenvalue weighted by Gasteiger charge is -2.20. The number of ether oxygens (including phenoxy) is 3. The van der Waals surface area contributed by atoms with E-state index >= 15 is 0 Å². The molecular formula is C15H23ClIN3O3. The van der Waals surface area contributed by atoms with E-state index in [-0.39, 0.29) is 24.0 Å². The van der Waals surface area contributed by atoms with Crippen LogP contribution >= 0.6 is 35.6 Å². The Morgan fingerprint density at radius 3 is 2.83 bits per heavy atom. The molecule has 0 amide bonds. The summed E-state index contributed by atoms with van der Waals surface area (Å²) in [6, 6.07) is 3.80. The van der Waals surface area contributed by atoms with E-state index < -0.39 is 0 Å². The van der Waals surface area contributed by atoms with Gasteiger partial charge in [-0.2, -0.15) is 0 Å². The van der Waals surface area contributed by atoms with Crippen LogP contribution in [0.2, 0.25) is 5.02 Å². The molecule has 0 aliphatic carbocycles. The molecule has 6 nitrogen and oxygen atoms in total. The van der Waals surface area contributed by atoms with Crippen LogP contribution in [0.15, 0.2) is 17.1 Å². The summed E-state index contributed by atoms with van der Waals surface area (Å²) in [7, 11) is 1.73. The maximum Gasteiger partial charge on any atom is 0.191 e. The summed E-state index contributed by atoms with van der Waals surface area (Å²) < 4.78 is 16.4. The molecule has 23 heavy (non-hydrogen) atoms. The van der Waals surface area contributed by atoms with E-state index in [1.54, 1.807) is 7.05 Å². The Morgan fingerprint density at radius 2 is 2.09 bits per heavy atom. The van der Waals surface area contributed by atoms with Crippen molar-refractivity contribution >= 4 is 41.5 Å². The smallest absolute Gasteiger partial charge is 0.191 e. The minimum Gasteiger partial charge on any atom is -0.486 e. The van der Waals surface area contributed by atoms with Crippen LogP contribution in [0.1, 0.15) is 12.5 Å². The van der Waals surface area contributed by atoms with Gasteiger partial charge in [-0.3, -0.25) is 4.99 Å². The topological polar surface area (TPSA) is 64.1 Å². The Morgan fingerprint density at radius 1 is 1.30 bits per heavy atom. The summed E-state index contributed by atoms with van der Waals surface area (Å²) in [5.74, 6) is 2.02. The van der Waals surface area contributed by atoms with Crippen LogP contribution in [0, 0.1) is 0 Å². The Kier molecular flexibility index (Phi) is 9.42. The third-order valence-corrected chi connectivity index (χ3v) is 3.36. The van der Waals surface area contributed by atoms with Gasteiger partial charge >= 0.3 is 0 Å². The van der Waals surface area contributed by atoms with Crippen LogP contribution in [-0.2, 0) is 11.3 Å². The molecule has 1 aromatic carbocycles. The predicted octanol–water partition coefficient (Wildman–Crippen LogP) is 2.43. The molecule has 0 saturated heterocycles. The van der Waals surface area contributed by atoms with Crippen molar-refractivity contribution in [1.29, 1.82) is 0 Å². The number of nitrogens with zero attached hydrogens (tertiary/aromatic N) is 1. The number of aliphatic imine (C=N–C) groups is 1. The summed E-state index contributed by atoms with van der Waals surface area (Å²) in [5, 5.41) is 6.96. The highest BCUT2D eigenvalue weighted by atomic mass is 127. The first-order valence-corrected chi connectivity index (χ1v) is 7.72. The fraction of sp³-hybridized carbons (Fsp3) is 0.533. The van der Waals surface area contributed by atoms with Crippen LogP contribution in [0.3, 0.4) is 0 Å². The van der Waals surface area contributed by atoms with Gasteiger partial charge in [-0.25, -0.2) is 0 Å². The number of benzene rings is 1. The molecule has 0 fully saturated rings. The second-order valence-corrected chi connectivity index (χ2v) is 5.06. The van der Waals surface area contributed by atoms with Crippen LogP contribution < -0.4 is 20.1 Å². The molecule has 8 heteroatoms. The van der Waals surface area contributed by atoms with Crippen molar-refractivity contribution in [1.82, 2.24) is 10.6 Å². The number of halogens is 2. The van der Waals surface area contributed by atoms with E-state index in [4.69, 9.17) is 25.8 Å². The molecule has 0 unspecified atom stereocenters. The number of guanidine groups is 1. The van der Waals surface area contributed by atoms with E-state index in [2.05, 4.69) is 15.6 Å². The zero-order chi connectivity index (χ0) is 15.8. The molecule has 2 rings (SSSR count). The average Bonchev–Trinajstić information content (AvgIpc) is 2.54. The SMILES string of the molecule is CCOCCNC(=NC)NCc1cc(Cl)c2c(c1)OCCO2.I. The van der Waals surface area contributed by atoms with E-state index in [1.165, 1.54) is 0 Å². The molecule has 0 saturated carbocycles. The number of hydrogen-bond acceptors (Lipinski definition) is 4. The monoisotopic (exact) mass is 455 g/mol. The van der Waals surface area contributed by atoms with Crippen molar-refractivity contribution in [2.45, 2.75) is 13.5 Å². The van der Waals surface area contributed by atoms with Gasteiger partial charge in [0.15, 0.2) is 17.5 Å². The standard InChI is InChI=1S/C15H22ClN3O3.HI/c1-3-20-5-4-18-15(17-2)19-10-11-8-12(16)14-13(9-11)21-6-7-22-14;/h8-9H,3-7,10H2,1-2H3,(H2,17,18,19);1H. The van der Waals surface area contributed by atoms with Crippen molar-refractivity contribution in [3.8, 4) is 11.5 Å². The van der Waals surface area contributed by atoms with Gasteiger partial charge < -0.3 is 24.8 Å². The Bertz CT molecular complexity index is 529. The fourth-order valence-electron chi connectivity index (χ4n) is 2.06. The second-order valence-electron chi connectivity index (χ2n) is 4.65. The molecule has 0 aromatic heterocycles. The molecule has 1 aliphatic heterocycles. The largest absolute Gasteiger partial charge is 0.486 e. The third-order valence-electron chi connectivity index (χ3n) is 3.08. The summed E-state index contributed by atoms with van der Waals surface area (Å²) in [6.45, 7) is 5.69. The zero-order valence-electron chi connectivity index (χ0n) is 13.4. The molecule has 0 radical (unpaired) electrons. The van der Waals surface area contributed by atoms with Crippen molar-refractivity contribution < 1.29 is 14.2 Å². The van der Waals surface area contributed by atoms with E-state index in [0.29, 0.717) is 62.0 Å². The second kappa shape index (κ2) is 10.8. The predicted molar refractivity (Wildman–Crippen MR) is 103 cm³/mol. The minimum atomic E-state index is 0. The van der Waals surface area contributed by atoms with Crippen LogP contribution in [0.25, 0.3) is 0 Å². The number of hydrogen-bond donors (Lipinski definition) is 2. The maximum atomic E-state index is 6.22. The van der Waals surface area contributed by atoms with Crippen molar-refractivity contribution in [2.24, 2.45) is 4.99 Å². The van der Waals surface area contributed by atoms with Crippen molar-refractivity contribution in [3.63, 3.8) is 0 Å². The molecule has 0 spiro atoms. The van der Waals surface area contributed by atoms with E-state index in [0.717, 1.165) is 5.56 Å². The summed E-state index contributed by atoms with van der Waals surface area (Å²) >= 11 is 6.22. The lowest BCUT2D eigenvalue weighted by molar-refractivity contribution is 0.152. The highest BCUT2D eigenvalue weighted by Gasteiger charge is 2.16. The molecule has 1 heterocycles. The lowest BCUT2D eigenvalue weighted by atomic mass is 10.2. The highest BCUT2D eigenvalue weighted by molar-refractivity contribution is 14.0. The third kappa shape index (κ3) is 6.23. The first kappa shape index (κ1) is 20.1. The van der Waals surface area contributed by atoms with Gasteiger partial charge in [0, 0.05) is 26.7 Å². The molecule has 130 valence electrons. The summed E-state index contributed by atoms with van der Waals surface area (Å²) in [5.41, 5.74) is 1.00. The highest BCUT2D eigenvalue weighted by Crippen LogP contribution is 2.38. The number of fused-ring (bicyclic) bond motifs is 1. The van der Waals surface area contributed by atoms with Crippen molar-refractivity contribution in [3.05, 3.63) is 22.7 Å². The quantitative estimate of drug-likeness (QED) is 0.299. The maximum absolute atomic E-state index is 6.22. The Balaban J connectivity index is 0.00000264. The summed E-state index contributed by atoms with van der Waals surface area (Å²) in [4.78, 5) is 4.16. The minimum absolute atomic E-state index is 0. The first-order chi connectivity index (χ1) is 10.7. The summed E-state index contributed by atoms with van der Waals surface area (Å²) in [6.07, 6.45) is 0. The fourth-order valence-corrected chi connectivity index (χ4v) is 2.35. The van der Waals surface area contributed by atoms with Gasteiger partial charge in [0.1, 0.15) is 13.2 Å². The lowest BCUT2D eigenvalue weighted by Crippen LogP contribution is -2.38. The zero-order valence-corrected chi connectivity index (χ0v) is 16.4. The van der Waals surface area contributed by atoms with Crippen LogP contribution in [0.4, 0.5) is 0 Å². The van der Waals surface area contributed by atoms with Gasteiger partial charge in [-0.1, -0.05) is 11.6 Å². The average molecular weight is 456 g/mol. The normalized spacial score (nSPS) is 13.3. The van der Waals surface area contributed by atoms with E-state index in [9.17, 15) is 0 Å². The van der Waals surface area contributed by atoms with Gasteiger partial charge in [-0.05, 0) is 24.6 Å². The Labute approximate surface area is 158 Å². The van der Waals surface area contributed by atoms with Gasteiger partial charge in [0.2, 0.25) is 0 Å². The molecule has 1 aromatic rings. The van der Waals surface area contributed by atoms with Crippen LogP contribution in [-0.4, -0.2) is 46.0 Å². The van der Waals surface area contributed by atoms with Crippen LogP contribution in [0.5, 0.6) is 11.5 Å². The van der Waals surface area contributed by atoms with Gasteiger partial charge in [-0.15, -0.1) is 24.0 Å². The first-order valence-electron chi connectivity index (χ1n) is 7.35. The Hall–Kier alpha value is -0.930. The molecule has 0 bridgehead atoms. The number of rotatable bonds is 6. The van der Waals surface area contributed by atoms with Crippen molar-refractivity contribution in [2.75, 3.05) is 40.0 Å².